The molecule has 1 amide bonds. The van der Waals surface area contributed by atoms with Crippen molar-refractivity contribution in [3.63, 3.8) is 0 Å². The number of hydrogen-bond donors (Lipinski definition) is 1. The maximum absolute atomic E-state index is 11.9. The third-order valence-electron chi connectivity index (χ3n) is 2.66. The summed E-state index contributed by atoms with van der Waals surface area (Å²) in [5.74, 6) is -0.0843. The molecule has 0 radical (unpaired) electrons. The summed E-state index contributed by atoms with van der Waals surface area (Å²) in [5.41, 5.74) is 0.723. The first-order chi connectivity index (χ1) is 8.16. The molecule has 1 unspecified atom stereocenters. The van der Waals surface area contributed by atoms with E-state index in [9.17, 15) is 4.79 Å². The zero-order chi connectivity index (χ0) is 12.3. The molecule has 0 aromatic heterocycles. The molecule has 1 fully saturated rings. The van der Waals surface area contributed by atoms with Crippen LogP contribution in [-0.4, -0.2) is 18.6 Å². The van der Waals surface area contributed by atoms with Crippen LogP contribution in [0.1, 0.15) is 19.3 Å². The predicted molar refractivity (Wildman–Crippen MR) is 71.4 cm³/mol. The van der Waals surface area contributed by atoms with Crippen molar-refractivity contribution in [2.45, 2.75) is 25.4 Å². The highest BCUT2D eigenvalue weighted by Gasteiger charge is 2.21. The highest BCUT2D eigenvalue weighted by molar-refractivity contribution is 9.10. The van der Waals surface area contributed by atoms with Gasteiger partial charge in [0.2, 0.25) is 0 Å². The van der Waals surface area contributed by atoms with Crippen molar-refractivity contribution in [3.05, 3.63) is 27.7 Å². The minimum Gasteiger partial charge on any atom is -0.368 e. The Morgan fingerprint density at radius 2 is 2.29 bits per heavy atom. The quantitative estimate of drug-likeness (QED) is 0.904. The SMILES string of the molecule is O=C(Nc1ccc(Cl)c(Br)c1)C1CCCCO1. The average Bonchev–Trinajstić information content (AvgIpc) is 2.35. The topological polar surface area (TPSA) is 38.3 Å². The van der Waals surface area contributed by atoms with Crippen LogP contribution in [0.5, 0.6) is 0 Å². The van der Waals surface area contributed by atoms with Gasteiger partial charge in [0.05, 0.1) is 5.02 Å². The Bertz CT molecular complexity index is 419. The lowest BCUT2D eigenvalue weighted by molar-refractivity contribution is -0.129. The van der Waals surface area contributed by atoms with Crippen molar-refractivity contribution in [2.24, 2.45) is 0 Å². The fourth-order valence-corrected chi connectivity index (χ4v) is 2.24. The molecule has 0 aliphatic carbocycles. The lowest BCUT2D eigenvalue weighted by Crippen LogP contribution is -2.33. The zero-order valence-electron chi connectivity index (χ0n) is 9.21. The maximum Gasteiger partial charge on any atom is 0.253 e. The molecule has 1 N–H and O–H groups in total. The molecule has 2 rings (SSSR count). The van der Waals surface area contributed by atoms with Gasteiger partial charge in [0, 0.05) is 16.8 Å². The first kappa shape index (κ1) is 12.9. The van der Waals surface area contributed by atoms with Crippen LogP contribution in [-0.2, 0) is 9.53 Å². The number of nitrogens with one attached hydrogen (secondary N) is 1. The number of benzene rings is 1. The largest absolute Gasteiger partial charge is 0.368 e. The summed E-state index contributed by atoms with van der Waals surface area (Å²) in [4.78, 5) is 11.9. The maximum atomic E-state index is 11.9. The highest BCUT2D eigenvalue weighted by Crippen LogP contribution is 2.26. The number of carbonyl (C=O) groups excluding carboxylic acids is 1. The molecule has 1 heterocycles. The fraction of sp³-hybridized carbons (Fsp3) is 0.417. The molecule has 1 aliphatic heterocycles. The second kappa shape index (κ2) is 5.85. The minimum absolute atomic E-state index is 0.0843. The summed E-state index contributed by atoms with van der Waals surface area (Å²) in [6.45, 7) is 0.669. The molecular weight excluding hydrogens is 305 g/mol. The Kier molecular flexibility index (Phi) is 4.42. The van der Waals surface area contributed by atoms with E-state index in [2.05, 4.69) is 21.2 Å². The van der Waals surface area contributed by atoms with Crippen LogP contribution in [0.3, 0.4) is 0 Å². The highest BCUT2D eigenvalue weighted by atomic mass is 79.9. The van der Waals surface area contributed by atoms with Gasteiger partial charge in [-0.2, -0.15) is 0 Å². The first-order valence-corrected chi connectivity index (χ1v) is 6.71. The van der Waals surface area contributed by atoms with Crippen molar-refractivity contribution < 1.29 is 9.53 Å². The summed E-state index contributed by atoms with van der Waals surface area (Å²) in [5, 5.41) is 3.45. The van der Waals surface area contributed by atoms with Gasteiger partial charge in [-0.05, 0) is 53.4 Å². The molecule has 1 aromatic rings. The van der Waals surface area contributed by atoms with Gasteiger partial charge in [0.25, 0.3) is 5.91 Å². The van der Waals surface area contributed by atoms with Gasteiger partial charge in [-0.25, -0.2) is 0 Å². The molecule has 17 heavy (non-hydrogen) atoms. The number of carbonyl (C=O) groups is 1. The summed E-state index contributed by atoms with van der Waals surface area (Å²) >= 11 is 9.20. The molecule has 1 aromatic carbocycles. The van der Waals surface area contributed by atoms with Gasteiger partial charge in [-0.1, -0.05) is 11.6 Å². The fourth-order valence-electron chi connectivity index (χ4n) is 1.74. The standard InChI is InChI=1S/C12H13BrClNO2/c13-9-7-8(4-5-10(9)14)15-12(16)11-3-1-2-6-17-11/h4-5,7,11H,1-3,6H2,(H,15,16). The zero-order valence-corrected chi connectivity index (χ0v) is 11.6. The Labute approximate surface area is 114 Å². The molecule has 0 bridgehead atoms. The van der Waals surface area contributed by atoms with Crippen LogP contribution in [0.25, 0.3) is 0 Å². The molecule has 0 spiro atoms. The van der Waals surface area contributed by atoms with Gasteiger partial charge < -0.3 is 10.1 Å². The van der Waals surface area contributed by atoms with E-state index in [1.54, 1.807) is 18.2 Å². The number of halogens is 2. The van der Waals surface area contributed by atoms with Gasteiger partial charge in [-0.15, -0.1) is 0 Å². The van der Waals surface area contributed by atoms with Crippen LogP contribution in [0.15, 0.2) is 22.7 Å². The van der Waals surface area contributed by atoms with Crippen LogP contribution in [0.2, 0.25) is 5.02 Å². The number of hydrogen-bond acceptors (Lipinski definition) is 2. The first-order valence-electron chi connectivity index (χ1n) is 5.54. The van der Waals surface area contributed by atoms with E-state index in [0.29, 0.717) is 11.6 Å². The molecule has 92 valence electrons. The number of anilines is 1. The molecule has 3 nitrogen and oxygen atoms in total. The Hall–Kier alpha value is -0.580. The summed E-state index contributed by atoms with van der Waals surface area (Å²) in [6.07, 6.45) is 2.55. The lowest BCUT2D eigenvalue weighted by atomic mass is 10.1. The van der Waals surface area contributed by atoms with E-state index in [-0.39, 0.29) is 12.0 Å². The van der Waals surface area contributed by atoms with Crippen molar-refractivity contribution in [1.82, 2.24) is 0 Å². The van der Waals surface area contributed by atoms with E-state index in [1.165, 1.54) is 0 Å². The van der Waals surface area contributed by atoms with Crippen LogP contribution in [0, 0.1) is 0 Å². The van der Waals surface area contributed by atoms with E-state index < -0.39 is 0 Å². The smallest absolute Gasteiger partial charge is 0.253 e. The molecule has 1 aliphatic rings. The van der Waals surface area contributed by atoms with Crippen molar-refractivity contribution in [3.8, 4) is 0 Å². The van der Waals surface area contributed by atoms with Crippen molar-refractivity contribution in [1.29, 1.82) is 0 Å². The summed E-state index contributed by atoms with van der Waals surface area (Å²) in [7, 11) is 0. The Morgan fingerprint density at radius 3 is 2.94 bits per heavy atom. The average molecular weight is 319 g/mol. The third-order valence-corrected chi connectivity index (χ3v) is 3.87. The normalized spacial score (nSPS) is 20.0. The predicted octanol–water partition coefficient (Wildman–Crippen LogP) is 3.61. The number of amides is 1. The van der Waals surface area contributed by atoms with Crippen molar-refractivity contribution >= 4 is 39.1 Å². The second-order valence-electron chi connectivity index (χ2n) is 3.97. The van der Waals surface area contributed by atoms with E-state index >= 15 is 0 Å². The van der Waals surface area contributed by atoms with E-state index in [4.69, 9.17) is 16.3 Å². The number of rotatable bonds is 2. The number of ether oxygens (including phenoxy) is 1. The van der Waals surface area contributed by atoms with Crippen LogP contribution >= 0.6 is 27.5 Å². The van der Waals surface area contributed by atoms with E-state index in [1.807, 2.05) is 0 Å². The molecule has 5 heteroatoms. The summed E-state index contributed by atoms with van der Waals surface area (Å²) in [6, 6.07) is 5.29. The molecule has 1 atom stereocenters. The Balaban J connectivity index is 1.99. The van der Waals surface area contributed by atoms with Crippen LogP contribution < -0.4 is 5.32 Å². The van der Waals surface area contributed by atoms with Gasteiger partial charge >= 0.3 is 0 Å². The van der Waals surface area contributed by atoms with Gasteiger partial charge in [-0.3, -0.25) is 4.79 Å². The third kappa shape index (κ3) is 3.44. The van der Waals surface area contributed by atoms with Gasteiger partial charge in [0.1, 0.15) is 6.10 Å². The van der Waals surface area contributed by atoms with Crippen molar-refractivity contribution in [2.75, 3.05) is 11.9 Å². The minimum atomic E-state index is -0.321. The van der Waals surface area contributed by atoms with Gasteiger partial charge in [0.15, 0.2) is 0 Å². The molecule has 1 saturated heterocycles. The molecular formula is C12H13BrClNO2. The second-order valence-corrected chi connectivity index (χ2v) is 5.23. The monoisotopic (exact) mass is 317 g/mol. The molecule has 0 saturated carbocycles. The summed E-state index contributed by atoms with van der Waals surface area (Å²) < 4.78 is 6.18. The lowest BCUT2D eigenvalue weighted by Gasteiger charge is -2.21. The van der Waals surface area contributed by atoms with E-state index in [0.717, 1.165) is 29.4 Å². The Morgan fingerprint density at radius 1 is 1.47 bits per heavy atom. The van der Waals surface area contributed by atoms with Crippen LogP contribution in [0.4, 0.5) is 5.69 Å².